The molecule has 1 aromatic heterocycles. The second kappa shape index (κ2) is 5.51. The smallest absolute Gasteiger partial charge is 0.339 e. The molecule has 6 heteroatoms. The highest BCUT2D eigenvalue weighted by molar-refractivity contribution is 5.92. The first kappa shape index (κ1) is 12.5. The number of carboxylic acids is 1. The Kier molecular flexibility index (Phi) is 4.06. The highest BCUT2D eigenvalue weighted by atomic mass is 16.5. The van der Waals surface area contributed by atoms with Gasteiger partial charge in [-0.2, -0.15) is 0 Å². The molecule has 0 radical (unpaired) electrons. The Bertz CT molecular complexity index is 514. The quantitative estimate of drug-likeness (QED) is 0.562. The minimum atomic E-state index is -1.17. The minimum Gasteiger partial charge on any atom is -0.478 e. The van der Waals surface area contributed by atoms with Gasteiger partial charge in [0.1, 0.15) is 17.8 Å². The number of carbonyl (C=O) groups is 2. The molecule has 0 aliphatic heterocycles. The third-order valence-corrected chi connectivity index (χ3v) is 1.84. The molecule has 1 heterocycles. The molecule has 0 saturated heterocycles. The first-order valence-corrected chi connectivity index (χ1v) is 4.59. The van der Waals surface area contributed by atoms with Gasteiger partial charge in [0, 0.05) is 11.8 Å². The largest absolute Gasteiger partial charge is 0.478 e. The third kappa shape index (κ3) is 3.50. The van der Waals surface area contributed by atoms with E-state index in [2.05, 4.69) is 21.6 Å². The van der Waals surface area contributed by atoms with Crippen molar-refractivity contribution in [2.45, 2.75) is 6.42 Å². The minimum absolute atomic E-state index is 0.0662. The van der Waals surface area contributed by atoms with Crippen LogP contribution in [0.15, 0.2) is 12.3 Å². The maximum absolute atomic E-state index is 10.8. The fourth-order valence-corrected chi connectivity index (χ4v) is 1.01. The average molecular weight is 234 g/mol. The van der Waals surface area contributed by atoms with Gasteiger partial charge >= 0.3 is 11.9 Å². The Labute approximate surface area is 97.4 Å². The summed E-state index contributed by atoms with van der Waals surface area (Å²) >= 11 is 0. The second-order valence-corrected chi connectivity index (χ2v) is 3.02. The molecule has 0 aliphatic carbocycles. The number of hydrogen-bond acceptors (Lipinski definition) is 5. The lowest BCUT2D eigenvalue weighted by Gasteiger charge is -1.99. The Morgan fingerprint density at radius 3 is 2.88 bits per heavy atom. The predicted octanol–water partition coefficient (Wildman–Crippen LogP) is 0.277. The lowest BCUT2D eigenvalue weighted by molar-refractivity contribution is -0.139. The third-order valence-electron chi connectivity index (χ3n) is 1.84. The number of anilines is 1. The molecule has 3 N–H and O–H groups in total. The molecule has 1 rings (SSSR count). The molecule has 88 valence electrons. The van der Waals surface area contributed by atoms with Crippen LogP contribution in [-0.2, 0) is 9.53 Å². The molecule has 0 unspecified atom stereocenters. The van der Waals surface area contributed by atoms with Crippen LogP contribution >= 0.6 is 0 Å². The molecular weight excluding hydrogens is 224 g/mol. The van der Waals surface area contributed by atoms with Crippen LogP contribution in [0.5, 0.6) is 0 Å². The summed E-state index contributed by atoms with van der Waals surface area (Å²) in [6.07, 6.45) is 1.27. The van der Waals surface area contributed by atoms with Crippen molar-refractivity contribution in [1.82, 2.24) is 4.98 Å². The van der Waals surface area contributed by atoms with Gasteiger partial charge in [-0.15, -0.1) is 0 Å². The predicted molar refractivity (Wildman–Crippen MR) is 59.1 cm³/mol. The number of carbonyl (C=O) groups excluding carboxylic acids is 1. The van der Waals surface area contributed by atoms with Crippen molar-refractivity contribution in [3.8, 4) is 11.8 Å². The summed E-state index contributed by atoms with van der Waals surface area (Å²) in [5, 5.41) is 8.80. The van der Waals surface area contributed by atoms with Crippen LogP contribution in [0.3, 0.4) is 0 Å². The Morgan fingerprint density at radius 2 is 2.29 bits per heavy atom. The SMILES string of the molecule is COC(=O)CC#Cc1cnc(N)c(C(=O)O)c1. The zero-order valence-electron chi connectivity index (χ0n) is 9.06. The van der Waals surface area contributed by atoms with E-state index >= 15 is 0 Å². The van der Waals surface area contributed by atoms with Crippen LogP contribution in [0.1, 0.15) is 22.3 Å². The number of pyridine rings is 1. The van der Waals surface area contributed by atoms with E-state index in [4.69, 9.17) is 10.8 Å². The molecule has 6 nitrogen and oxygen atoms in total. The number of hydrogen-bond donors (Lipinski definition) is 2. The van der Waals surface area contributed by atoms with Gasteiger partial charge in [-0.1, -0.05) is 11.8 Å². The van der Waals surface area contributed by atoms with Gasteiger partial charge in [0.15, 0.2) is 0 Å². The van der Waals surface area contributed by atoms with E-state index in [-0.39, 0.29) is 17.8 Å². The monoisotopic (exact) mass is 234 g/mol. The fourth-order valence-electron chi connectivity index (χ4n) is 1.01. The Balaban J connectivity index is 2.89. The lowest BCUT2D eigenvalue weighted by atomic mass is 10.2. The van der Waals surface area contributed by atoms with Crippen LogP contribution in [0.25, 0.3) is 0 Å². The lowest BCUT2D eigenvalue weighted by Crippen LogP contribution is -2.04. The number of ether oxygens (including phenoxy) is 1. The molecule has 0 atom stereocenters. The van der Waals surface area contributed by atoms with E-state index in [9.17, 15) is 9.59 Å². The maximum Gasteiger partial charge on any atom is 0.339 e. The number of aromatic nitrogens is 1. The summed E-state index contributed by atoms with van der Waals surface area (Å²) in [6, 6.07) is 1.30. The summed E-state index contributed by atoms with van der Waals surface area (Å²) in [4.78, 5) is 25.2. The topological polar surface area (TPSA) is 103 Å². The number of carboxylic acid groups (broad SMARTS) is 1. The molecule has 17 heavy (non-hydrogen) atoms. The molecular formula is C11H10N2O4. The molecule has 0 bridgehead atoms. The summed E-state index contributed by atoms with van der Waals surface area (Å²) in [5.74, 6) is 3.43. The number of rotatable bonds is 2. The van der Waals surface area contributed by atoms with Gasteiger partial charge < -0.3 is 15.6 Å². The van der Waals surface area contributed by atoms with Gasteiger partial charge in [0.05, 0.1) is 7.11 Å². The molecule has 0 saturated carbocycles. The van der Waals surface area contributed by atoms with E-state index < -0.39 is 11.9 Å². The molecule has 0 aromatic carbocycles. The molecule has 0 spiro atoms. The van der Waals surface area contributed by atoms with Crippen molar-refractivity contribution in [3.05, 3.63) is 23.4 Å². The van der Waals surface area contributed by atoms with Crippen molar-refractivity contribution in [2.24, 2.45) is 0 Å². The van der Waals surface area contributed by atoms with Gasteiger partial charge in [-0.05, 0) is 6.07 Å². The van der Waals surface area contributed by atoms with Crippen molar-refractivity contribution < 1.29 is 19.4 Å². The number of nitrogens with two attached hydrogens (primary N) is 1. The van der Waals surface area contributed by atoms with Gasteiger partial charge in [0.25, 0.3) is 0 Å². The van der Waals surface area contributed by atoms with Gasteiger partial charge in [-0.25, -0.2) is 9.78 Å². The van der Waals surface area contributed by atoms with Crippen molar-refractivity contribution in [3.63, 3.8) is 0 Å². The second-order valence-electron chi connectivity index (χ2n) is 3.02. The van der Waals surface area contributed by atoms with E-state index in [1.165, 1.54) is 19.4 Å². The maximum atomic E-state index is 10.8. The number of nitrogen functional groups attached to an aromatic ring is 1. The number of esters is 1. The summed E-state index contributed by atoms with van der Waals surface area (Å²) in [5.41, 5.74) is 5.63. The zero-order chi connectivity index (χ0) is 12.8. The first-order valence-electron chi connectivity index (χ1n) is 4.59. The van der Waals surface area contributed by atoms with E-state index in [0.717, 1.165) is 0 Å². The Hall–Kier alpha value is -2.55. The van der Waals surface area contributed by atoms with E-state index in [0.29, 0.717) is 5.56 Å². The average Bonchev–Trinajstić information content (AvgIpc) is 2.30. The van der Waals surface area contributed by atoms with Crippen molar-refractivity contribution in [2.75, 3.05) is 12.8 Å². The zero-order valence-corrected chi connectivity index (χ0v) is 9.06. The highest BCUT2D eigenvalue weighted by Gasteiger charge is 2.08. The van der Waals surface area contributed by atoms with Crippen LogP contribution in [0, 0.1) is 11.8 Å². The van der Waals surface area contributed by atoms with E-state index in [1.807, 2.05) is 0 Å². The highest BCUT2D eigenvalue weighted by Crippen LogP contribution is 2.09. The standard InChI is InChI=1S/C11H10N2O4/c1-17-9(14)4-2-3-7-5-8(11(15)16)10(12)13-6-7/h5-6H,4H2,1H3,(H2,12,13)(H,15,16). The van der Waals surface area contributed by atoms with Crippen LogP contribution in [0.4, 0.5) is 5.82 Å². The van der Waals surface area contributed by atoms with Crippen LogP contribution in [-0.4, -0.2) is 29.1 Å². The number of aromatic carboxylic acids is 1. The van der Waals surface area contributed by atoms with E-state index in [1.54, 1.807) is 0 Å². The summed E-state index contributed by atoms with van der Waals surface area (Å²) in [6.45, 7) is 0. The van der Waals surface area contributed by atoms with Crippen LogP contribution in [0.2, 0.25) is 0 Å². The van der Waals surface area contributed by atoms with Crippen molar-refractivity contribution in [1.29, 1.82) is 0 Å². The molecule has 0 fully saturated rings. The summed E-state index contributed by atoms with van der Waals surface area (Å²) in [7, 11) is 1.26. The number of nitrogens with zero attached hydrogens (tertiary/aromatic N) is 1. The fraction of sp³-hybridized carbons (Fsp3) is 0.182. The van der Waals surface area contributed by atoms with Crippen molar-refractivity contribution >= 4 is 17.8 Å². The van der Waals surface area contributed by atoms with Gasteiger partial charge in [-0.3, -0.25) is 4.79 Å². The summed E-state index contributed by atoms with van der Waals surface area (Å²) < 4.78 is 4.40. The molecule has 0 amide bonds. The normalized spacial score (nSPS) is 9.00. The molecule has 1 aromatic rings. The Morgan fingerprint density at radius 1 is 1.59 bits per heavy atom. The van der Waals surface area contributed by atoms with Crippen LogP contribution < -0.4 is 5.73 Å². The molecule has 0 aliphatic rings. The number of methoxy groups -OCH3 is 1. The first-order chi connectivity index (χ1) is 8.04. The van der Waals surface area contributed by atoms with Gasteiger partial charge in [0.2, 0.25) is 0 Å².